The molecule has 11 heavy (non-hydrogen) atoms. The normalized spacial score (nSPS) is 20.0. The van der Waals surface area contributed by atoms with Gasteiger partial charge in [-0.1, -0.05) is 0 Å². The maximum atomic E-state index is 8.89. The zero-order valence-corrected chi connectivity index (χ0v) is 5.83. The quantitative estimate of drug-likeness (QED) is 0.313. The molecule has 0 radical (unpaired) electrons. The fraction of sp³-hybridized carbons (Fsp3) is 0.667. The van der Waals surface area contributed by atoms with Crippen LogP contribution in [0.25, 0.3) is 0 Å². The molecule has 0 fully saturated rings. The highest BCUT2D eigenvalue weighted by Gasteiger charge is 2.21. The molecule has 0 rings (SSSR count). The van der Waals surface area contributed by atoms with Gasteiger partial charge in [0.25, 0.3) is 0 Å². The molecule has 0 spiro atoms. The van der Waals surface area contributed by atoms with Gasteiger partial charge in [0.05, 0.1) is 12.9 Å². The van der Waals surface area contributed by atoms with Crippen molar-refractivity contribution in [2.24, 2.45) is 0 Å². The fourth-order valence-corrected chi connectivity index (χ4v) is 0.538. The largest absolute Gasteiger partial charge is 0.516 e. The van der Waals surface area contributed by atoms with E-state index in [0.29, 0.717) is 6.26 Å². The molecule has 5 nitrogen and oxygen atoms in total. The molecule has 0 aliphatic rings. The Labute approximate surface area is 63.8 Å². The first kappa shape index (κ1) is 10.4. The summed E-state index contributed by atoms with van der Waals surface area (Å²) in [5.74, 6) is 0. The van der Waals surface area contributed by atoms with Gasteiger partial charge in [-0.3, -0.25) is 0 Å². The third-order valence-electron chi connectivity index (χ3n) is 1.21. The summed E-state index contributed by atoms with van der Waals surface area (Å²) in [6, 6.07) is 0. The van der Waals surface area contributed by atoms with Crippen LogP contribution in [0, 0.1) is 0 Å². The SMILES string of the molecule is OC=CC(O)C(O)C(O)CO. The first-order chi connectivity index (χ1) is 5.13. The Hall–Kier alpha value is -0.620. The third-order valence-corrected chi connectivity index (χ3v) is 1.21. The summed E-state index contributed by atoms with van der Waals surface area (Å²) < 4.78 is 0. The summed E-state index contributed by atoms with van der Waals surface area (Å²) in [5, 5.41) is 43.0. The van der Waals surface area contributed by atoms with Crippen LogP contribution >= 0.6 is 0 Å². The van der Waals surface area contributed by atoms with Crippen molar-refractivity contribution < 1.29 is 25.5 Å². The van der Waals surface area contributed by atoms with E-state index in [1.54, 1.807) is 0 Å². The molecule has 0 aromatic rings. The van der Waals surface area contributed by atoms with Crippen LogP contribution in [0.15, 0.2) is 12.3 Å². The van der Waals surface area contributed by atoms with Crippen molar-refractivity contribution in [3.05, 3.63) is 12.3 Å². The summed E-state index contributed by atoms with van der Waals surface area (Å²) in [4.78, 5) is 0. The highest BCUT2D eigenvalue weighted by molar-refractivity contribution is 4.89. The smallest absolute Gasteiger partial charge is 0.112 e. The number of hydrogen-bond donors (Lipinski definition) is 5. The van der Waals surface area contributed by atoms with Crippen molar-refractivity contribution in [3.8, 4) is 0 Å². The molecule has 66 valence electrons. The van der Waals surface area contributed by atoms with Crippen LogP contribution in [0.5, 0.6) is 0 Å². The maximum absolute atomic E-state index is 8.89. The van der Waals surface area contributed by atoms with Crippen molar-refractivity contribution in [2.75, 3.05) is 6.61 Å². The Morgan fingerprint density at radius 1 is 1.18 bits per heavy atom. The molecule has 0 bridgehead atoms. The van der Waals surface area contributed by atoms with Crippen LogP contribution in [-0.2, 0) is 0 Å². The molecule has 0 saturated heterocycles. The van der Waals surface area contributed by atoms with E-state index in [1.807, 2.05) is 0 Å². The van der Waals surface area contributed by atoms with Gasteiger partial charge in [0.2, 0.25) is 0 Å². The van der Waals surface area contributed by atoms with Crippen LogP contribution in [0.1, 0.15) is 0 Å². The predicted octanol–water partition coefficient (Wildman–Crippen LogP) is -1.87. The van der Waals surface area contributed by atoms with E-state index >= 15 is 0 Å². The molecule has 3 unspecified atom stereocenters. The Kier molecular flexibility index (Phi) is 4.80. The molecular formula is C6H12O5. The molecule has 5 heteroatoms. The lowest BCUT2D eigenvalue weighted by Gasteiger charge is -2.18. The standard InChI is InChI=1S/C6H12O5/c7-2-1-4(9)6(11)5(10)3-8/h1-2,4-11H,3H2. The molecule has 5 N–H and O–H groups in total. The zero-order chi connectivity index (χ0) is 8.85. The lowest BCUT2D eigenvalue weighted by molar-refractivity contribution is -0.0614. The monoisotopic (exact) mass is 164 g/mol. The number of hydrogen-bond acceptors (Lipinski definition) is 5. The Morgan fingerprint density at radius 3 is 2.09 bits per heavy atom. The van der Waals surface area contributed by atoms with E-state index in [1.165, 1.54) is 0 Å². The van der Waals surface area contributed by atoms with Crippen LogP contribution < -0.4 is 0 Å². The van der Waals surface area contributed by atoms with Gasteiger partial charge in [-0.15, -0.1) is 0 Å². The van der Waals surface area contributed by atoms with Gasteiger partial charge < -0.3 is 25.5 Å². The second-order valence-corrected chi connectivity index (χ2v) is 2.07. The van der Waals surface area contributed by atoms with Gasteiger partial charge in [-0.2, -0.15) is 0 Å². The molecule has 0 aromatic heterocycles. The third kappa shape index (κ3) is 3.33. The molecule has 3 atom stereocenters. The molecule has 0 aliphatic carbocycles. The van der Waals surface area contributed by atoms with E-state index in [4.69, 9.17) is 25.5 Å². The van der Waals surface area contributed by atoms with Crippen molar-refractivity contribution in [3.63, 3.8) is 0 Å². The highest BCUT2D eigenvalue weighted by Crippen LogP contribution is 2.00. The first-order valence-corrected chi connectivity index (χ1v) is 3.09. The minimum atomic E-state index is -1.48. The molecule has 0 amide bonds. The van der Waals surface area contributed by atoms with E-state index in [-0.39, 0.29) is 0 Å². The van der Waals surface area contributed by atoms with Gasteiger partial charge in [0, 0.05) is 0 Å². The van der Waals surface area contributed by atoms with Crippen molar-refractivity contribution >= 4 is 0 Å². The van der Waals surface area contributed by atoms with Gasteiger partial charge in [0.1, 0.15) is 18.3 Å². The average molecular weight is 164 g/mol. The molecule has 0 heterocycles. The van der Waals surface area contributed by atoms with Crippen molar-refractivity contribution in [1.29, 1.82) is 0 Å². The van der Waals surface area contributed by atoms with Gasteiger partial charge in [-0.05, 0) is 6.08 Å². The van der Waals surface area contributed by atoms with Crippen LogP contribution in [0.4, 0.5) is 0 Å². The summed E-state index contributed by atoms with van der Waals surface area (Å²) in [6.45, 7) is -0.641. The zero-order valence-electron chi connectivity index (χ0n) is 5.83. The molecular weight excluding hydrogens is 152 g/mol. The first-order valence-electron chi connectivity index (χ1n) is 3.09. The van der Waals surface area contributed by atoms with E-state index < -0.39 is 24.9 Å². The summed E-state index contributed by atoms with van der Waals surface area (Å²) in [7, 11) is 0. The van der Waals surface area contributed by atoms with E-state index in [9.17, 15) is 0 Å². The van der Waals surface area contributed by atoms with Crippen molar-refractivity contribution in [2.45, 2.75) is 18.3 Å². The highest BCUT2D eigenvalue weighted by atomic mass is 16.4. The van der Waals surface area contributed by atoms with E-state index in [0.717, 1.165) is 6.08 Å². The topological polar surface area (TPSA) is 101 Å². The summed E-state index contributed by atoms with van der Waals surface area (Å²) in [5.41, 5.74) is 0. The average Bonchev–Trinajstić information content (AvgIpc) is 2.02. The van der Waals surface area contributed by atoms with Crippen molar-refractivity contribution in [1.82, 2.24) is 0 Å². The number of aliphatic hydroxyl groups is 5. The van der Waals surface area contributed by atoms with Crippen LogP contribution in [0.3, 0.4) is 0 Å². The van der Waals surface area contributed by atoms with Gasteiger partial charge in [0.15, 0.2) is 0 Å². The predicted molar refractivity (Wildman–Crippen MR) is 36.9 cm³/mol. The second-order valence-electron chi connectivity index (χ2n) is 2.07. The molecule has 0 aromatic carbocycles. The van der Waals surface area contributed by atoms with Crippen LogP contribution in [-0.4, -0.2) is 50.5 Å². The lowest BCUT2D eigenvalue weighted by Crippen LogP contribution is -2.38. The summed E-state index contributed by atoms with van der Waals surface area (Å²) >= 11 is 0. The fourth-order valence-electron chi connectivity index (χ4n) is 0.538. The Morgan fingerprint density at radius 2 is 1.73 bits per heavy atom. The number of rotatable bonds is 4. The minimum Gasteiger partial charge on any atom is -0.516 e. The van der Waals surface area contributed by atoms with Crippen LogP contribution in [0.2, 0.25) is 0 Å². The maximum Gasteiger partial charge on any atom is 0.112 e. The summed E-state index contributed by atoms with van der Waals surface area (Å²) in [6.07, 6.45) is -2.81. The van der Waals surface area contributed by atoms with E-state index in [2.05, 4.69) is 0 Å². The Balaban J connectivity index is 3.90. The molecule has 0 saturated carbocycles. The second kappa shape index (κ2) is 5.09. The minimum absolute atomic E-state index is 0.554. The number of aliphatic hydroxyl groups excluding tert-OH is 5. The van der Waals surface area contributed by atoms with Gasteiger partial charge >= 0.3 is 0 Å². The molecule has 0 aliphatic heterocycles. The van der Waals surface area contributed by atoms with Gasteiger partial charge in [-0.25, -0.2) is 0 Å². The lowest BCUT2D eigenvalue weighted by atomic mass is 10.1. The Bertz CT molecular complexity index is 124.